The number of nitrogens with zero attached hydrogens (tertiary/aromatic N) is 1. The molecule has 262 valence electrons. The molecule has 0 atom stereocenters. The minimum absolute atomic E-state index is 0.101. The van der Waals surface area contributed by atoms with Gasteiger partial charge in [0.15, 0.2) is 0 Å². The van der Waals surface area contributed by atoms with Crippen LogP contribution in [0.4, 0.5) is 0 Å². The maximum absolute atomic E-state index is 12.0. The molecule has 2 aliphatic carbocycles. The predicted octanol–water partition coefficient (Wildman–Crippen LogP) is 6.84. The summed E-state index contributed by atoms with van der Waals surface area (Å²) in [6, 6.07) is 16.4. The zero-order valence-corrected chi connectivity index (χ0v) is 29.5. The van der Waals surface area contributed by atoms with Crippen LogP contribution in [0.15, 0.2) is 54.7 Å². The van der Waals surface area contributed by atoms with E-state index in [0.29, 0.717) is 48.5 Å². The van der Waals surface area contributed by atoms with E-state index in [-0.39, 0.29) is 23.9 Å². The van der Waals surface area contributed by atoms with Crippen LogP contribution in [0.25, 0.3) is 5.57 Å². The maximum Gasteiger partial charge on any atom is 0.339 e. The molecule has 4 rings (SSSR count). The van der Waals surface area contributed by atoms with Crippen LogP contribution < -0.4 is 0 Å². The molecule has 0 saturated heterocycles. The minimum Gasteiger partial charge on any atom is -0.469 e. The molecule has 0 spiro atoms. The van der Waals surface area contributed by atoms with Gasteiger partial charge < -0.3 is 23.8 Å². The van der Waals surface area contributed by atoms with Crippen molar-refractivity contribution in [1.29, 1.82) is 0 Å². The smallest absolute Gasteiger partial charge is 0.339 e. The fourth-order valence-electron chi connectivity index (χ4n) is 6.73. The fraction of sp³-hybridized carbons (Fsp3) is 0.538. The van der Waals surface area contributed by atoms with Crippen LogP contribution in [0.3, 0.4) is 0 Å². The number of rotatable bonds is 11. The second-order valence-corrected chi connectivity index (χ2v) is 13.1. The van der Waals surface area contributed by atoms with Gasteiger partial charge in [0.2, 0.25) is 0 Å². The lowest BCUT2D eigenvalue weighted by molar-refractivity contribution is -0.142. The van der Waals surface area contributed by atoms with E-state index in [0.717, 1.165) is 62.5 Å². The zero-order chi connectivity index (χ0) is 35.1. The lowest BCUT2D eigenvalue weighted by atomic mass is 9.77. The molecule has 0 aromatic heterocycles. The fourth-order valence-corrected chi connectivity index (χ4v) is 6.73. The molecule has 0 aliphatic heterocycles. The summed E-state index contributed by atoms with van der Waals surface area (Å²) < 4.78 is 19.1. The van der Waals surface area contributed by atoms with Gasteiger partial charge in [-0.2, -0.15) is 0 Å². The molecular formula is C39H53NO8. The monoisotopic (exact) mass is 663 g/mol. The molecule has 9 heteroatoms. The Labute approximate surface area is 286 Å². The van der Waals surface area contributed by atoms with Gasteiger partial charge in [-0.15, -0.1) is 0 Å². The zero-order valence-electron chi connectivity index (χ0n) is 29.5. The molecule has 0 unspecified atom stereocenters. The first-order chi connectivity index (χ1) is 23.1. The maximum atomic E-state index is 12.0. The lowest BCUT2D eigenvalue weighted by Crippen LogP contribution is -2.17. The summed E-state index contributed by atoms with van der Waals surface area (Å²) in [5, 5.41) is 0. The third-order valence-electron chi connectivity index (χ3n) is 9.57. The predicted molar refractivity (Wildman–Crippen MR) is 185 cm³/mol. The summed E-state index contributed by atoms with van der Waals surface area (Å²) in [4.78, 5) is 47.9. The SMILES string of the molecule is COC(=O)CC1CCC(c2ccc(/C(=C\N(C)C)C(=O)OC)cc2)CC1.COC(=O)Cc1ccc(C2CCC(CC(=O)OC)CC2)cc1. The van der Waals surface area contributed by atoms with E-state index in [1.165, 1.54) is 39.6 Å². The number of esters is 4. The molecule has 0 amide bonds. The molecule has 48 heavy (non-hydrogen) atoms. The molecule has 0 radical (unpaired) electrons. The van der Waals surface area contributed by atoms with Crippen molar-refractivity contribution >= 4 is 29.5 Å². The van der Waals surface area contributed by atoms with E-state index in [2.05, 4.69) is 29.0 Å². The van der Waals surface area contributed by atoms with Gasteiger partial charge in [0.1, 0.15) is 0 Å². The molecule has 2 aliphatic rings. The third kappa shape index (κ3) is 12.1. The average molecular weight is 664 g/mol. The first-order valence-electron chi connectivity index (χ1n) is 16.9. The Hall–Kier alpha value is -4.14. The summed E-state index contributed by atoms with van der Waals surface area (Å²) >= 11 is 0. The Balaban J connectivity index is 0.000000264. The van der Waals surface area contributed by atoms with Crippen molar-refractivity contribution in [2.45, 2.75) is 82.5 Å². The summed E-state index contributed by atoms with van der Waals surface area (Å²) in [5.41, 5.74) is 5.00. The van der Waals surface area contributed by atoms with E-state index in [9.17, 15) is 19.2 Å². The van der Waals surface area contributed by atoms with Gasteiger partial charge in [0.25, 0.3) is 0 Å². The minimum atomic E-state index is -0.338. The first-order valence-corrected chi connectivity index (χ1v) is 16.9. The van der Waals surface area contributed by atoms with Gasteiger partial charge in [0, 0.05) is 33.1 Å². The quantitative estimate of drug-likeness (QED) is 0.145. The normalized spacial score (nSPS) is 20.8. The highest BCUT2D eigenvalue weighted by atomic mass is 16.5. The Morgan fingerprint density at radius 1 is 0.604 bits per heavy atom. The van der Waals surface area contributed by atoms with E-state index < -0.39 is 0 Å². The number of benzene rings is 2. The standard InChI is InChI=1S/C21H29NO4.C18H24O4/c1-22(2)14-19(21(24)26-4)18-11-9-17(10-12-18)16-7-5-15(6-8-16)13-20(23)25-3;1-21-17(19)11-13-3-7-15(8-4-13)16-9-5-14(6-10-16)12-18(20)22-2/h9-12,14-16H,5-8,13H2,1-4H3;3-4,7-8,14,16H,5-6,9-12H2,1-2H3/b19-14+;. The van der Waals surface area contributed by atoms with E-state index in [1.807, 2.05) is 43.3 Å². The highest BCUT2D eigenvalue weighted by molar-refractivity contribution is 6.16. The number of ether oxygens (including phenoxy) is 4. The van der Waals surface area contributed by atoms with Crippen LogP contribution in [0.5, 0.6) is 0 Å². The number of carbonyl (C=O) groups excluding carboxylic acids is 4. The van der Waals surface area contributed by atoms with Crippen molar-refractivity contribution in [2.75, 3.05) is 42.5 Å². The van der Waals surface area contributed by atoms with E-state index in [4.69, 9.17) is 14.2 Å². The molecule has 2 aromatic rings. The van der Waals surface area contributed by atoms with Crippen LogP contribution in [-0.4, -0.2) is 71.3 Å². The summed E-state index contributed by atoms with van der Waals surface area (Å²) in [5.74, 6) is 1.20. The topological polar surface area (TPSA) is 108 Å². The highest BCUT2D eigenvalue weighted by Gasteiger charge is 2.26. The van der Waals surface area contributed by atoms with Gasteiger partial charge in [0.05, 0.1) is 40.4 Å². The van der Waals surface area contributed by atoms with Crippen LogP contribution in [0.2, 0.25) is 0 Å². The Kier molecular flexibility index (Phi) is 15.7. The molecule has 0 heterocycles. The van der Waals surface area contributed by atoms with Crippen LogP contribution >= 0.6 is 0 Å². The second-order valence-electron chi connectivity index (χ2n) is 13.1. The van der Waals surface area contributed by atoms with E-state index >= 15 is 0 Å². The largest absolute Gasteiger partial charge is 0.469 e. The van der Waals surface area contributed by atoms with Crippen LogP contribution in [0.1, 0.15) is 98.3 Å². The first kappa shape index (κ1) is 38.3. The van der Waals surface area contributed by atoms with Gasteiger partial charge in [-0.25, -0.2) is 4.79 Å². The highest BCUT2D eigenvalue weighted by Crippen LogP contribution is 2.38. The molecule has 0 N–H and O–H groups in total. The molecule has 9 nitrogen and oxygen atoms in total. The van der Waals surface area contributed by atoms with Gasteiger partial charge in [-0.3, -0.25) is 14.4 Å². The van der Waals surface area contributed by atoms with Crippen LogP contribution in [0, 0.1) is 11.8 Å². The molecule has 2 aromatic carbocycles. The summed E-state index contributed by atoms with van der Waals surface area (Å²) in [6.07, 6.45) is 11.8. The second kappa shape index (κ2) is 19.6. The average Bonchev–Trinajstić information content (AvgIpc) is 3.11. The third-order valence-corrected chi connectivity index (χ3v) is 9.57. The molecule has 0 bridgehead atoms. The molecular weight excluding hydrogens is 610 g/mol. The van der Waals surface area contributed by atoms with Gasteiger partial charge in [-0.05, 0) is 97.3 Å². The molecule has 2 saturated carbocycles. The Bertz CT molecular complexity index is 1350. The van der Waals surface area contributed by atoms with Gasteiger partial charge >= 0.3 is 23.9 Å². The van der Waals surface area contributed by atoms with E-state index in [1.54, 1.807) is 6.20 Å². The van der Waals surface area contributed by atoms with Crippen LogP contribution in [-0.2, 0) is 44.5 Å². The Morgan fingerprint density at radius 3 is 1.40 bits per heavy atom. The van der Waals surface area contributed by atoms with Gasteiger partial charge in [-0.1, -0.05) is 48.5 Å². The number of carbonyl (C=O) groups is 4. The summed E-state index contributed by atoms with van der Waals surface area (Å²) in [7, 11) is 9.46. The number of methoxy groups -OCH3 is 4. The van der Waals surface area contributed by atoms with Crippen molar-refractivity contribution in [2.24, 2.45) is 11.8 Å². The van der Waals surface area contributed by atoms with Crippen molar-refractivity contribution in [3.05, 3.63) is 77.0 Å². The van der Waals surface area contributed by atoms with Crippen molar-refractivity contribution in [1.82, 2.24) is 4.90 Å². The number of hydrogen-bond acceptors (Lipinski definition) is 9. The summed E-state index contributed by atoms with van der Waals surface area (Å²) in [6.45, 7) is 0. The number of hydrogen-bond donors (Lipinski definition) is 0. The van der Waals surface area contributed by atoms with Crippen molar-refractivity contribution < 1.29 is 38.1 Å². The van der Waals surface area contributed by atoms with Crippen molar-refractivity contribution in [3.63, 3.8) is 0 Å². The Morgan fingerprint density at radius 2 is 1.02 bits per heavy atom. The van der Waals surface area contributed by atoms with Crippen molar-refractivity contribution in [3.8, 4) is 0 Å². The lowest BCUT2D eigenvalue weighted by Gasteiger charge is -2.28. The molecule has 2 fully saturated rings.